The normalized spacial score (nSPS) is 20.8. The van der Waals surface area contributed by atoms with E-state index in [-0.39, 0.29) is 5.91 Å². The number of aliphatic hydroxyl groups is 1. The van der Waals surface area contributed by atoms with Crippen molar-refractivity contribution in [1.29, 1.82) is 0 Å². The maximum atomic E-state index is 12.4. The first-order valence-electron chi connectivity index (χ1n) is 6.98. The van der Waals surface area contributed by atoms with Crippen LogP contribution in [0.5, 0.6) is 0 Å². The maximum Gasteiger partial charge on any atom is 0.256 e. The van der Waals surface area contributed by atoms with E-state index in [2.05, 4.69) is 5.32 Å². The van der Waals surface area contributed by atoms with Crippen LogP contribution in [0.15, 0.2) is 24.3 Å². The van der Waals surface area contributed by atoms with Crippen LogP contribution in [0.25, 0.3) is 0 Å². The molecule has 0 radical (unpaired) electrons. The second kappa shape index (κ2) is 4.53. The lowest BCUT2D eigenvalue weighted by Crippen LogP contribution is -2.64. The highest BCUT2D eigenvalue weighted by Crippen LogP contribution is 2.44. The summed E-state index contributed by atoms with van der Waals surface area (Å²) in [6.07, 6.45) is 2.21. The summed E-state index contributed by atoms with van der Waals surface area (Å²) in [4.78, 5) is 14.2. The predicted molar refractivity (Wildman–Crippen MR) is 74.2 cm³/mol. The Kier molecular flexibility index (Phi) is 2.97. The smallest absolute Gasteiger partial charge is 0.256 e. The number of anilines is 1. The molecule has 1 aliphatic heterocycles. The molecule has 1 amide bonds. The van der Waals surface area contributed by atoms with E-state index in [1.165, 1.54) is 0 Å². The Hall–Kier alpha value is -1.55. The molecule has 3 rings (SSSR count). The van der Waals surface area contributed by atoms with Gasteiger partial charge in [-0.3, -0.25) is 4.79 Å². The molecule has 1 heterocycles. The monoisotopic (exact) mass is 260 g/mol. The molecule has 0 spiro atoms. The fourth-order valence-electron chi connectivity index (χ4n) is 2.82. The Labute approximate surface area is 113 Å². The van der Waals surface area contributed by atoms with Crippen molar-refractivity contribution in [2.45, 2.75) is 25.4 Å². The van der Waals surface area contributed by atoms with E-state index in [1.54, 1.807) is 4.90 Å². The van der Waals surface area contributed by atoms with E-state index in [0.29, 0.717) is 24.6 Å². The summed E-state index contributed by atoms with van der Waals surface area (Å²) in [7, 11) is 0. The zero-order chi connectivity index (χ0) is 13.5. The highest BCUT2D eigenvalue weighted by atomic mass is 16.3. The molecular formula is C15H20N2O2. The number of para-hydroxylation sites is 1. The summed E-state index contributed by atoms with van der Waals surface area (Å²) in [6.45, 7) is 3.76. The molecule has 1 aromatic carbocycles. The van der Waals surface area contributed by atoms with Gasteiger partial charge in [0.2, 0.25) is 0 Å². The van der Waals surface area contributed by atoms with Crippen molar-refractivity contribution < 1.29 is 9.90 Å². The summed E-state index contributed by atoms with van der Waals surface area (Å²) in [5.41, 5.74) is 0.960. The average Bonchev–Trinajstić information content (AvgIpc) is 3.20. The molecule has 1 aliphatic carbocycles. The summed E-state index contributed by atoms with van der Waals surface area (Å²) >= 11 is 0. The van der Waals surface area contributed by atoms with Gasteiger partial charge in [0.05, 0.1) is 18.7 Å². The van der Waals surface area contributed by atoms with Crippen LogP contribution in [-0.4, -0.2) is 41.1 Å². The minimum absolute atomic E-state index is 0.0156. The molecule has 2 aliphatic rings. The molecule has 19 heavy (non-hydrogen) atoms. The number of rotatable bonds is 4. The number of hydrogen-bond acceptors (Lipinski definition) is 3. The lowest BCUT2D eigenvalue weighted by atomic mass is 9.88. The number of β-amino-alcohol motifs (C(OH)–C–C–N with tert-alkyl or cyclic N) is 1. The number of nitrogens with one attached hydrogen (secondary N) is 1. The van der Waals surface area contributed by atoms with Crippen molar-refractivity contribution in [1.82, 2.24) is 4.90 Å². The summed E-state index contributed by atoms with van der Waals surface area (Å²) in [6, 6.07) is 7.56. The van der Waals surface area contributed by atoms with Crippen molar-refractivity contribution in [2.75, 3.05) is 25.0 Å². The van der Waals surface area contributed by atoms with Crippen LogP contribution >= 0.6 is 0 Å². The molecule has 1 saturated heterocycles. The van der Waals surface area contributed by atoms with Crippen LogP contribution in [0.4, 0.5) is 5.69 Å². The van der Waals surface area contributed by atoms with E-state index in [1.807, 2.05) is 31.2 Å². The lowest BCUT2D eigenvalue weighted by molar-refractivity contribution is -0.0957. The topological polar surface area (TPSA) is 52.6 Å². The molecule has 102 valence electrons. The molecule has 0 aromatic heterocycles. The zero-order valence-corrected chi connectivity index (χ0v) is 11.2. The van der Waals surface area contributed by atoms with E-state index in [9.17, 15) is 9.90 Å². The molecule has 0 bridgehead atoms. The molecule has 4 nitrogen and oxygen atoms in total. The highest BCUT2D eigenvalue weighted by Gasteiger charge is 2.53. The van der Waals surface area contributed by atoms with Gasteiger partial charge in [-0.05, 0) is 37.8 Å². The van der Waals surface area contributed by atoms with Gasteiger partial charge in [0.15, 0.2) is 0 Å². The van der Waals surface area contributed by atoms with Crippen LogP contribution < -0.4 is 5.32 Å². The Bertz CT molecular complexity index is 491. The largest absolute Gasteiger partial charge is 0.386 e. The fourth-order valence-corrected chi connectivity index (χ4v) is 2.82. The van der Waals surface area contributed by atoms with E-state index in [4.69, 9.17) is 0 Å². The summed E-state index contributed by atoms with van der Waals surface area (Å²) < 4.78 is 0. The molecular weight excluding hydrogens is 240 g/mol. The number of nitrogens with zero attached hydrogens (tertiary/aromatic N) is 1. The van der Waals surface area contributed by atoms with Crippen molar-refractivity contribution in [3.8, 4) is 0 Å². The summed E-state index contributed by atoms with van der Waals surface area (Å²) in [5.74, 6) is 0.433. The first-order chi connectivity index (χ1) is 9.14. The van der Waals surface area contributed by atoms with Crippen LogP contribution in [-0.2, 0) is 0 Å². The molecule has 1 aromatic rings. The quantitative estimate of drug-likeness (QED) is 0.866. The molecule has 4 heteroatoms. The van der Waals surface area contributed by atoms with Crippen molar-refractivity contribution in [2.24, 2.45) is 5.92 Å². The van der Waals surface area contributed by atoms with Crippen LogP contribution in [0.1, 0.15) is 30.1 Å². The highest BCUT2D eigenvalue weighted by molar-refractivity contribution is 6.00. The van der Waals surface area contributed by atoms with Gasteiger partial charge in [-0.1, -0.05) is 12.1 Å². The minimum Gasteiger partial charge on any atom is -0.386 e. The maximum absolute atomic E-state index is 12.4. The van der Waals surface area contributed by atoms with Crippen molar-refractivity contribution in [3.63, 3.8) is 0 Å². The SMILES string of the molecule is CCNc1ccccc1C(=O)N1CC(O)(C2CC2)C1. The average molecular weight is 260 g/mol. The van der Waals surface area contributed by atoms with Crippen LogP contribution in [0.2, 0.25) is 0 Å². The minimum atomic E-state index is -0.608. The van der Waals surface area contributed by atoms with Gasteiger partial charge in [0.25, 0.3) is 5.91 Å². The van der Waals surface area contributed by atoms with E-state index >= 15 is 0 Å². The second-order valence-electron chi connectivity index (χ2n) is 5.61. The second-order valence-corrected chi connectivity index (χ2v) is 5.61. The van der Waals surface area contributed by atoms with Crippen LogP contribution in [0.3, 0.4) is 0 Å². The first kappa shape index (κ1) is 12.5. The lowest BCUT2D eigenvalue weighted by Gasteiger charge is -2.47. The Morgan fingerprint density at radius 2 is 2.11 bits per heavy atom. The third-order valence-electron chi connectivity index (χ3n) is 4.08. The van der Waals surface area contributed by atoms with Gasteiger partial charge < -0.3 is 15.3 Å². The van der Waals surface area contributed by atoms with Gasteiger partial charge >= 0.3 is 0 Å². The first-order valence-corrected chi connectivity index (χ1v) is 6.98. The number of carbonyl (C=O) groups is 1. The number of benzene rings is 1. The number of likely N-dealkylation sites (tertiary alicyclic amines) is 1. The molecule has 0 atom stereocenters. The fraction of sp³-hybridized carbons (Fsp3) is 0.533. The molecule has 2 fully saturated rings. The third kappa shape index (κ3) is 2.21. The molecule has 0 unspecified atom stereocenters. The number of carbonyl (C=O) groups excluding carboxylic acids is 1. The third-order valence-corrected chi connectivity index (χ3v) is 4.08. The van der Waals surface area contributed by atoms with E-state index in [0.717, 1.165) is 25.1 Å². The Morgan fingerprint density at radius 1 is 1.42 bits per heavy atom. The summed E-state index contributed by atoms with van der Waals surface area (Å²) in [5, 5.41) is 13.5. The molecule has 1 saturated carbocycles. The van der Waals surface area contributed by atoms with Crippen LogP contribution in [0, 0.1) is 5.92 Å². The Morgan fingerprint density at radius 3 is 2.74 bits per heavy atom. The Balaban J connectivity index is 1.71. The number of hydrogen-bond donors (Lipinski definition) is 2. The molecule has 2 N–H and O–H groups in total. The van der Waals surface area contributed by atoms with E-state index < -0.39 is 5.60 Å². The van der Waals surface area contributed by atoms with Crippen molar-refractivity contribution in [3.05, 3.63) is 29.8 Å². The van der Waals surface area contributed by atoms with Gasteiger partial charge in [-0.2, -0.15) is 0 Å². The predicted octanol–water partition coefficient (Wildman–Crippen LogP) is 1.72. The standard InChI is InChI=1S/C15H20N2O2/c1-2-16-13-6-4-3-5-12(13)14(18)17-9-15(19,10-17)11-7-8-11/h3-6,11,16,19H,2,7-10H2,1H3. The zero-order valence-electron chi connectivity index (χ0n) is 11.2. The number of amides is 1. The van der Waals surface area contributed by atoms with Gasteiger partial charge in [0.1, 0.15) is 5.60 Å². The van der Waals surface area contributed by atoms with Gasteiger partial charge in [0, 0.05) is 12.2 Å². The van der Waals surface area contributed by atoms with Gasteiger partial charge in [-0.15, -0.1) is 0 Å². The van der Waals surface area contributed by atoms with Gasteiger partial charge in [-0.25, -0.2) is 0 Å². The van der Waals surface area contributed by atoms with Crippen molar-refractivity contribution >= 4 is 11.6 Å².